The summed E-state index contributed by atoms with van der Waals surface area (Å²) < 4.78 is 0. The molecule has 1 rings (SSSR count). The van der Waals surface area contributed by atoms with E-state index in [0.29, 0.717) is 45.8 Å². The molecule has 1 aliphatic rings. The topological polar surface area (TPSA) is 139 Å². The first-order valence-corrected chi connectivity index (χ1v) is 7.26. The maximum Gasteiger partial charge on any atom is 0.231 e. The van der Waals surface area contributed by atoms with Crippen molar-refractivity contribution in [1.29, 1.82) is 0 Å². The van der Waals surface area contributed by atoms with Crippen LogP contribution in [0.1, 0.15) is 0 Å². The Morgan fingerprint density at radius 2 is 1.14 bits per heavy atom. The zero-order chi connectivity index (χ0) is 17.0. The van der Waals surface area contributed by atoms with Crippen LogP contribution in [0.2, 0.25) is 0 Å². The minimum atomic E-state index is -0.382. The number of rotatable bonds is 6. The summed E-state index contributed by atoms with van der Waals surface area (Å²) in [7, 11) is 1.50. The number of primary amides is 2. The summed E-state index contributed by atoms with van der Waals surface area (Å²) in [6, 6.07) is 0. The Bertz CT molecular complexity index is 325. The first kappa shape index (κ1) is 20.5. The molecule has 0 radical (unpaired) electrons. The molecule has 0 aliphatic carbocycles. The Hall–Kier alpha value is -1.55. The highest BCUT2D eigenvalue weighted by molar-refractivity contribution is 5.76. The van der Waals surface area contributed by atoms with Gasteiger partial charge in [0, 0.05) is 39.3 Å². The molecule has 22 heavy (non-hydrogen) atoms. The molecule has 0 aromatic rings. The number of carbonyl (C=O) groups is 3. The van der Waals surface area contributed by atoms with Crippen molar-refractivity contribution >= 4 is 18.1 Å². The van der Waals surface area contributed by atoms with Gasteiger partial charge in [0.25, 0.3) is 0 Å². The van der Waals surface area contributed by atoms with Crippen molar-refractivity contribution in [3.05, 3.63) is 0 Å². The zero-order valence-corrected chi connectivity index (χ0v) is 13.2. The highest BCUT2D eigenvalue weighted by Crippen LogP contribution is 1.99. The Kier molecular flexibility index (Phi) is 11.2. The van der Waals surface area contributed by atoms with Gasteiger partial charge in [-0.1, -0.05) is 0 Å². The largest absolute Gasteiger partial charge is 0.369 e. The van der Waals surface area contributed by atoms with E-state index < -0.39 is 0 Å². The third-order valence-electron chi connectivity index (χ3n) is 3.29. The normalized spacial score (nSPS) is 18.3. The van der Waals surface area contributed by atoms with Crippen molar-refractivity contribution in [3.8, 4) is 0 Å². The van der Waals surface area contributed by atoms with Gasteiger partial charge in [0.1, 0.15) is 6.29 Å². The van der Waals surface area contributed by atoms with E-state index in [0.717, 1.165) is 6.29 Å². The summed E-state index contributed by atoms with van der Waals surface area (Å²) in [4.78, 5) is 38.6. The lowest BCUT2D eigenvalue weighted by atomic mass is 10.4. The molecule has 0 aromatic carbocycles. The molecular weight excluding hydrogens is 288 g/mol. The molecule has 1 heterocycles. The lowest BCUT2D eigenvalue weighted by molar-refractivity contribution is -0.120. The fourth-order valence-corrected chi connectivity index (χ4v) is 2.23. The second-order valence-corrected chi connectivity index (χ2v) is 4.95. The predicted molar refractivity (Wildman–Crippen MR) is 83.9 cm³/mol. The molecule has 0 unspecified atom stereocenters. The minimum absolute atomic E-state index is 0.180. The van der Waals surface area contributed by atoms with Gasteiger partial charge in [-0.3, -0.25) is 24.3 Å². The number of nitrogens with two attached hydrogens (primary N) is 3. The molecule has 0 aromatic heterocycles. The van der Waals surface area contributed by atoms with Gasteiger partial charge in [-0.15, -0.1) is 0 Å². The first-order valence-electron chi connectivity index (χ1n) is 7.26. The van der Waals surface area contributed by atoms with Crippen LogP contribution in [0.4, 0.5) is 0 Å². The van der Waals surface area contributed by atoms with E-state index in [9.17, 15) is 14.4 Å². The first-order chi connectivity index (χ1) is 10.5. The summed E-state index contributed by atoms with van der Waals surface area (Å²) >= 11 is 0. The van der Waals surface area contributed by atoms with Crippen LogP contribution in [0.5, 0.6) is 0 Å². The molecule has 1 aliphatic heterocycles. The molecule has 0 bridgehead atoms. The summed E-state index contributed by atoms with van der Waals surface area (Å²) in [6.45, 7) is 4.71. The number of hydrogen-bond donors (Lipinski definition) is 3. The van der Waals surface area contributed by atoms with Gasteiger partial charge in [0.15, 0.2) is 0 Å². The molecule has 0 spiro atoms. The second kappa shape index (κ2) is 12.0. The van der Waals surface area contributed by atoms with Crippen molar-refractivity contribution in [3.63, 3.8) is 0 Å². The fraction of sp³-hybridized carbons (Fsp3) is 0.769. The van der Waals surface area contributed by atoms with Crippen LogP contribution in [0.25, 0.3) is 0 Å². The second-order valence-electron chi connectivity index (χ2n) is 4.95. The van der Waals surface area contributed by atoms with E-state index in [1.165, 1.54) is 7.05 Å². The number of aldehydes is 1. The van der Waals surface area contributed by atoms with Gasteiger partial charge < -0.3 is 22.0 Å². The third-order valence-corrected chi connectivity index (χ3v) is 3.29. The summed E-state index contributed by atoms with van der Waals surface area (Å²) in [5, 5.41) is 0. The van der Waals surface area contributed by atoms with Crippen molar-refractivity contribution in [1.82, 2.24) is 14.7 Å². The molecule has 9 heteroatoms. The number of carbonyl (C=O) groups excluding carboxylic acids is 3. The van der Waals surface area contributed by atoms with Crippen LogP contribution < -0.4 is 17.2 Å². The Labute approximate surface area is 131 Å². The van der Waals surface area contributed by atoms with Gasteiger partial charge in [0.2, 0.25) is 11.8 Å². The number of hydrogen-bond acceptors (Lipinski definition) is 7. The smallest absolute Gasteiger partial charge is 0.231 e. The van der Waals surface area contributed by atoms with E-state index >= 15 is 0 Å². The van der Waals surface area contributed by atoms with E-state index in [4.69, 9.17) is 11.5 Å². The molecule has 9 nitrogen and oxygen atoms in total. The maximum atomic E-state index is 11.0. The van der Waals surface area contributed by atoms with Gasteiger partial charge >= 0.3 is 0 Å². The lowest BCUT2D eigenvalue weighted by Gasteiger charge is -2.23. The van der Waals surface area contributed by atoms with Crippen LogP contribution >= 0.6 is 0 Å². The molecule has 1 fully saturated rings. The van der Waals surface area contributed by atoms with E-state index in [1.54, 1.807) is 0 Å². The molecule has 1 saturated heterocycles. The molecular formula is C13H28N6O3. The Balaban J connectivity index is 0.00000211. The van der Waals surface area contributed by atoms with Gasteiger partial charge in [-0.25, -0.2) is 0 Å². The SMILES string of the molecule is CN.NC(=O)CN1CCN(CC=O)CCN(CC(N)=O)CC1. The molecule has 2 amide bonds. The predicted octanol–water partition coefficient (Wildman–Crippen LogP) is -3.35. The third kappa shape index (κ3) is 9.40. The van der Waals surface area contributed by atoms with Crippen molar-refractivity contribution in [2.24, 2.45) is 17.2 Å². The van der Waals surface area contributed by atoms with Crippen LogP contribution in [-0.2, 0) is 14.4 Å². The van der Waals surface area contributed by atoms with Gasteiger partial charge in [0.05, 0.1) is 19.6 Å². The zero-order valence-electron chi connectivity index (χ0n) is 13.2. The van der Waals surface area contributed by atoms with Crippen LogP contribution in [-0.4, -0.2) is 98.8 Å². The lowest BCUT2D eigenvalue weighted by Crippen LogP contribution is -2.42. The average molecular weight is 316 g/mol. The monoisotopic (exact) mass is 316 g/mol. The average Bonchev–Trinajstić information content (AvgIpc) is 2.54. The molecule has 0 atom stereocenters. The minimum Gasteiger partial charge on any atom is -0.369 e. The summed E-state index contributed by atoms with van der Waals surface area (Å²) in [6.07, 6.45) is 0.856. The van der Waals surface area contributed by atoms with Crippen LogP contribution in [0.3, 0.4) is 0 Å². The van der Waals surface area contributed by atoms with Crippen LogP contribution in [0.15, 0.2) is 0 Å². The quantitative estimate of drug-likeness (QED) is 0.435. The number of amides is 2. The highest BCUT2D eigenvalue weighted by Gasteiger charge is 2.18. The Morgan fingerprint density at radius 3 is 1.41 bits per heavy atom. The Morgan fingerprint density at radius 1 is 0.818 bits per heavy atom. The van der Waals surface area contributed by atoms with Crippen LogP contribution in [0, 0.1) is 0 Å². The van der Waals surface area contributed by atoms with Crippen molar-refractivity contribution in [2.75, 3.05) is 66.0 Å². The molecule has 128 valence electrons. The summed E-state index contributed by atoms with van der Waals surface area (Å²) in [5.41, 5.74) is 14.9. The van der Waals surface area contributed by atoms with E-state index in [2.05, 4.69) is 5.73 Å². The van der Waals surface area contributed by atoms with E-state index in [-0.39, 0.29) is 24.9 Å². The fourth-order valence-electron chi connectivity index (χ4n) is 2.23. The maximum absolute atomic E-state index is 11.0. The summed E-state index contributed by atoms with van der Waals surface area (Å²) in [5.74, 6) is -0.764. The van der Waals surface area contributed by atoms with Crippen molar-refractivity contribution < 1.29 is 14.4 Å². The number of nitrogens with zero attached hydrogens (tertiary/aromatic N) is 3. The molecule has 6 N–H and O–H groups in total. The van der Waals surface area contributed by atoms with E-state index in [1.807, 2.05) is 14.7 Å². The standard InChI is InChI=1S/C12H23N5O3.CH5N/c13-11(19)9-16-3-1-15(7-8-18)2-4-17(6-5-16)10-12(14)20;1-2/h8H,1-7,9-10H2,(H2,13,19)(H2,14,20);2H2,1H3. The van der Waals surface area contributed by atoms with Crippen molar-refractivity contribution in [2.45, 2.75) is 0 Å². The van der Waals surface area contributed by atoms with Gasteiger partial charge in [-0.2, -0.15) is 0 Å². The highest BCUT2D eigenvalue weighted by atomic mass is 16.1. The molecule has 0 saturated carbocycles. The van der Waals surface area contributed by atoms with Gasteiger partial charge in [-0.05, 0) is 7.05 Å².